The molecule has 38 heavy (non-hydrogen) atoms. The molecule has 0 spiro atoms. The van der Waals surface area contributed by atoms with Crippen LogP contribution in [0.4, 0.5) is 0 Å². The maximum absolute atomic E-state index is 11.9. The zero-order valence-electron chi connectivity index (χ0n) is 25.7. The fourth-order valence-electron chi connectivity index (χ4n) is 11.5. The molecule has 0 aromatic heterocycles. The minimum Gasteiger partial charge on any atom is -0.465 e. The van der Waals surface area contributed by atoms with Gasteiger partial charge in [0.2, 0.25) is 0 Å². The normalized spacial score (nSPS) is 49.3. The molecule has 0 bridgehead atoms. The van der Waals surface area contributed by atoms with Crippen LogP contribution in [-0.2, 0) is 19.1 Å². The van der Waals surface area contributed by atoms with Crippen molar-refractivity contribution in [3.63, 3.8) is 0 Å². The lowest BCUT2D eigenvalue weighted by atomic mass is 9.33. The van der Waals surface area contributed by atoms with E-state index in [1.165, 1.54) is 32.1 Å². The first-order valence-electron chi connectivity index (χ1n) is 15.6. The Balaban J connectivity index is 1.54. The second-order valence-corrected chi connectivity index (χ2v) is 15.7. The van der Waals surface area contributed by atoms with Crippen molar-refractivity contribution in [2.24, 2.45) is 56.7 Å². The van der Waals surface area contributed by atoms with Gasteiger partial charge in [-0.3, -0.25) is 9.59 Å². The van der Waals surface area contributed by atoms with Gasteiger partial charge in [0.25, 0.3) is 0 Å². The summed E-state index contributed by atoms with van der Waals surface area (Å²) in [4.78, 5) is 23.9. The first-order valence-corrected chi connectivity index (χ1v) is 15.6. The van der Waals surface area contributed by atoms with Crippen molar-refractivity contribution < 1.29 is 19.1 Å². The predicted molar refractivity (Wildman–Crippen MR) is 151 cm³/mol. The van der Waals surface area contributed by atoms with Crippen molar-refractivity contribution >= 4 is 11.9 Å². The SMILES string of the molecule is CC(=O)OC[C@@]12CC[C@@H](C)[C@H](C)[C@@H]1C1=CC[C@H]3[C@]4(C)CC[C@@H](OC(C)=O)C(C)(C)[C@H]4CC[C@@]3(C)[C@]1(C)CC2. The number of fused-ring (bicyclic) bond motifs is 7. The highest BCUT2D eigenvalue weighted by molar-refractivity contribution is 5.66. The minimum absolute atomic E-state index is 0.00996. The standard InChI is InChI=1S/C34H54O4/c1-21-12-17-34(20-37-23(3)35)19-18-32(8)25(29(34)22(21)2)10-11-27-31(7)15-14-28(38-24(4)36)30(5,6)26(31)13-16-33(27,32)9/h10,21-22,26-29H,11-20H2,1-9H3/t21-,22+,26-,27+,28-,29-,31-,32-,33-,34+/m1/s1. The van der Waals surface area contributed by atoms with Crippen LogP contribution in [0.1, 0.15) is 120 Å². The topological polar surface area (TPSA) is 52.6 Å². The van der Waals surface area contributed by atoms with Crippen molar-refractivity contribution in [2.45, 2.75) is 126 Å². The Hall–Kier alpha value is -1.32. The number of rotatable bonds is 3. The number of carbonyl (C=O) groups excluding carboxylic acids is 2. The van der Waals surface area contributed by atoms with Crippen molar-refractivity contribution in [3.05, 3.63) is 11.6 Å². The van der Waals surface area contributed by atoms with Gasteiger partial charge in [0.05, 0.1) is 6.61 Å². The summed E-state index contributed by atoms with van der Waals surface area (Å²) < 4.78 is 11.7. The molecule has 0 amide bonds. The highest BCUT2D eigenvalue weighted by atomic mass is 16.5. The van der Waals surface area contributed by atoms with E-state index in [1.54, 1.807) is 19.4 Å². The summed E-state index contributed by atoms with van der Waals surface area (Å²) >= 11 is 0. The molecule has 10 atom stereocenters. The number of esters is 2. The van der Waals surface area contributed by atoms with E-state index in [9.17, 15) is 9.59 Å². The van der Waals surface area contributed by atoms with E-state index < -0.39 is 0 Å². The molecule has 0 saturated heterocycles. The lowest BCUT2D eigenvalue weighted by Gasteiger charge is -2.71. The maximum atomic E-state index is 11.9. The van der Waals surface area contributed by atoms with E-state index in [-0.39, 0.29) is 45.1 Å². The molecular formula is C34H54O4. The molecular weight excluding hydrogens is 472 g/mol. The van der Waals surface area contributed by atoms with Gasteiger partial charge in [-0.15, -0.1) is 0 Å². The summed E-state index contributed by atoms with van der Waals surface area (Å²) in [6.07, 6.45) is 13.2. The Labute approximate surface area is 232 Å². The van der Waals surface area contributed by atoms with Gasteiger partial charge in [-0.25, -0.2) is 0 Å². The molecule has 4 heteroatoms. The second kappa shape index (κ2) is 9.10. The van der Waals surface area contributed by atoms with Crippen molar-refractivity contribution in [1.82, 2.24) is 0 Å². The molecule has 0 heterocycles. The van der Waals surface area contributed by atoms with Crippen molar-refractivity contribution in [3.8, 4) is 0 Å². The number of carbonyl (C=O) groups is 2. The molecule has 0 aromatic rings. The van der Waals surface area contributed by atoms with Gasteiger partial charge >= 0.3 is 11.9 Å². The van der Waals surface area contributed by atoms with E-state index in [0.29, 0.717) is 36.2 Å². The molecule has 0 aromatic carbocycles. The van der Waals surface area contributed by atoms with E-state index in [1.807, 2.05) is 0 Å². The van der Waals surface area contributed by atoms with E-state index in [4.69, 9.17) is 9.47 Å². The summed E-state index contributed by atoms with van der Waals surface area (Å²) in [5.74, 6) is 2.73. The Kier molecular flexibility index (Phi) is 6.76. The highest BCUT2D eigenvalue weighted by Crippen LogP contribution is 2.75. The summed E-state index contributed by atoms with van der Waals surface area (Å²) in [6, 6.07) is 0. The van der Waals surface area contributed by atoms with Gasteiger partial charge in [0.1, 0.15) is 6.10 Å². The van der Waals surface area contributed by atoms with Crippen molar-refractivity contribution in [2.75, 3.05) is 6.61 Å². The third-order valence-corrected chi connectivity index (χ3v) is 14.0. The molecule has 5 rings (SSSR count). The summed E-state index contributed by atoms with van der Waals surface area (Å²) in [7, 11) is 0. The number of hydrogen-bond acceptors (Lipinski definition) is 4. The van der Waals surface area contributed by atoms with Gasteiger partial charge < -0.3 is 9.47 Å². The second-order valence-electron chi connectivity index (χ2n) is 15.7. The summed E-state index contributed by atoms with van der Waals surface area (Å²) in [6.45, 7) is 21.2. The van der Waals surface area contributed by atoms with Crippen LogP contribution in [0, 0.1) is 56.7 Å². The van der Waals surface area contributed by atoms with Gasteiger partial charge in [0, 0.05) is 24.7 Å². The van der Waals surface area contributed by atoms with Crippen LogP contribution in [0.25, 0.3) is 0 Å². The molecule has 5 aliphatic carbocycles. The van der Waals surface area contributed by atoms with Gasteiger partial charge in [0.15, 0.2) is 0 Å². The zero-order valence-corrected chi connectivity index (χ0v) is 25.7. The Bertz CT molecular complexity index is 1010. The van der Waals surface area contributed by atoms with Crippen LogP contribution < -0.4 is 0 Å². The smallest absolute Gasteiger partial charge is 0.302 e. The van der Waals surface area contributed by atoms with E-state index >= 15 is 0 Å². The molecule has 0 unspecified atom stereocenters. The van der Waals surface area contributed by atoms with Gasteiger partial charge in [-0.2, -0.15) is 0 Å². The number of allylic oxidation sites excluding steroid dienone is 2. The van der Waals surface area contributed by atoms with Crippen LogP contribution in [-0.4, -0.2) is 24.6 Å². The zero-order chi connectivity index (χ0) is 27.9. The van der Waals surface area contributed by atoms with Gasteiger partial charge in [-0.05, 0) is 104 Å². The molecule has 4 fully saturated rings. The van der Waals surface area contributed by atoms with Gasteiger partial charge in [-0.1, -0.05) is 60.1 Å². The first-order chi connectivity index (χ1) is 17.6. The number of hydrogen-bond donors (Lipinski definition) is 0. The lowest BCUT2D eigenvalue weighted by molar-refractivity contribution is -0.214. The highest BCUT2D eigenvalue weighted by Gasteiger charge is 2.69. The summed E-state index contributed by atoms with van der Waals surface area (Å²) in [5, 5.41) is 0. The molecule has 0 radical (unpaired) electrons. The largest absolute Gasteiger partial charge is 0.465 e. The fourth-order valence-corrected chi connectivity index (χ4v) is 11.5. The molecule has 0 aliphatic heterocycles. The van der Waals surface area contributed by atoms with Crippen LogP contribution >= 0.6 is 0 Å². The average molecular weight is 527 g/mol. The molecule has 0 N–H and O–H groups in total. The Morgan fingerprint density at radius 2 is 1.58 bits per heavy atom. The maximum Gasteiger partial charge on any atom is 0.302 e. The lowest BCUT2D eigenvalue weighted by Crippen LogP contribution is -2.65. The van der Waals surface area contributed by atoms with Crippen LogP contribution in [0.5, 0.6) is 0 Å². The Morgan fingerprint density at radius 1 is 0.868 bits per heavy atom. The minimum atomic E-state index is -0.139. The van der Waals surface area contributed by atoms with E-state index in [0.717, 1.165) is 25.7 Å². The number of ether oxygens (including phenoxy) is 2. The summed E-state index contributed by atoms with van der Waals surface area (Å²) in [5.41, 5.74) is 2.47. The molecule has 4 nitrogen and oxygen atoms in total. The van der Waals surface area contributed by atoms with Crippen LogP contribution in [0.15, 0.2) is 11.6 Å². The van der Waals surface area contributed by atoms with Crippen molar-refractivity contribution in [1.29, 1.82) is 0 Å². The first kappa shape index (κ1) is 28.2. The molecule has 214 valence electrons. The Morgan fingerprint density at radius 3 is 2.24 bits per heavy atom. The molecule has 4 saturated carbocycles. The monoisotopic (exact) mass is 526 g/mol. The third-order valence-electron chi connectivity index (χ3n) is 14.0. The predicted octanol–water partition coefficient (Wildman–Crippen LogP) is 8.14. The average Bonchev–Trinajstić information content (AvgIpc) is 2.82. The molecule has 5 aliphatic rings. The van der Waals surface area contributed by atoms with Crippen LogP contribution in [0.3, 0.4) is 0 Å². The third kappa shape index (κ3) is 3.80. The fraction of sp³-hybridized carbons (Fsp3) is 0.882. The quantitative estimate of drug-likeness (QED) is 0.275. The van der Waals surface area contributed by atoms with Crippen LogP contribution in [0.2, 0.25) is 0 Å². The van der Waals surface area contributed by atoms with E-state index in [2.05, 4.69) is 54.5 Å².